The average molecular weight is 210 g/mol. The molecule has 1 rings (SSSR count). The van der Waals surface area contributed by atoms with Crippen molar-refractivity contribution in [2.75, 3.05) is 19.6 Å². The summed E-state index contributed by atoms with van der Waals surface area (Å²) in [6.07, 6.45) is 0. The van der Waals surface area contributed by atoms with Crippen LogP contribution >= 0.6 is 0 Å². The number of rotatable bonds is 5. The Bertz CT molecular complexity index is 297. The minimum atomic E-state index is -0.196. The lowest BCUT2D eigenvalue weighted by molar-refractivity contribution is 0.223. The van der Waals surface area contributed by atoms with E-state index in [1.54, 1.807) is 12.1 Å². The van der Waals surface area contributed by atoms with Crippen LogP contribution in [0.3, 0.4) is 0 Å². The average Bonchev–Trinajstić information content (AvgIpc) is 2.25. The molecule has 1 aromatic rings. The molecular formula is C12H19FN2. The molecule has 84 valence electrons. The van der Waals surface area contributed by atoms with Crippen LogP contribution in [0.15, 0.2) is 24.3 Å². The highest BCUT2D eigenvalue weighted by Gasteiger charge is 2.16. The van der Waals surface area contributed by atoms with Gasteiger partial charge < -0.3 is 5.73 Å². The van der Waals surface area contributed by atoms with E-state index in [2.05, 4.69) is 18.7 Å². The smallest absolute Gasteiger partial charge is 0.123 e. The second-order valence-electron chi connectivity index (χ2n) is 3.53. The van der Waals surface area contributed by atoms with Crippen molar-refractivity contribution in [3.8, 4) is 0 Å². The molecule has 0 radical (unpaired) electrons. The van der Waals surface area contributed by atoms with Gasteiger partial charge in [0.05, 0.1) is 0 Å². The largest absolute Gasteiger partial charge is 0.329 e. The third-order valence-corrected chi connectivity index (χ3v) is 2.71. The van der Waals surface area contributed by atoms with Crippen molar-refractivity contribution < 1.29 is 4.39 Å². The molecule has 0 heterocycles. The summed E-state index contributed by atoms with van der Waals surface area (Å²) in [7, 11) is 0. The second kappa shape index (κ2) is 5.83. The molecule has 2 N–H and O–H groups in total. The minimum absolute atomic E-state index is 0.121. The fourth-order valence-corrected chi connectivity index (χ4v) is 1.87. The molecule has 0 saturated carbocycles. The van der Waals surface area contributed by atoms with Crippen molar-refractivity contribution in [1.29, 1.82) is 0 Å². The van der Waals surface area contributed by atoms with Crippen LogP contribution in [0.25, 0.3) is 0 Å². The van der Waals surface area contributed by atoms with E-state index in [0.29, 0.717) is 6.54 Å². The van der Waals surface area contributed by atoms with Gasteiger partial charge in [-0.25, -0.2) is 4.39 Å². The van der Waals surface area contributed by atoms with Crippen LogP contribution in [-0.2, 0) is 0 Å². The van der Waals surface area contributed by atoms with E-state index in [1.165, 1.54) is 6.07 Å². The molecule has 2 nitrogen and oxygen atoms in total. The number of nitrogens with zero attached hydrogens (tertiary/aromatic N) is 1. The van der Waals surface area contributed by atoms with Gasteiger partial charge >= 0.3 is 0 Å². The first-order chi connectivity index (χ1) is 7.22. The molecule has 0 amide bonds. The fraction of sp³-hybridized carbons (Fsp3) is 0.500. The van der Waals surface area contributed by atoms with Crippen molar-refractivity contribution in [3.63, 3.8) is 0 Å². The van der Waals surface area contributed by atoms with Crippen molar-refractivity contribution in [2.45, 2.75) is 19.9 Å². The number of nitrogens with two attached hydrogens (primary N) is 1. The molecule has 0 aliphatic rings. The van der Waals surface area contributed by atoms with Gasteiger partial charge in [-0.3, -0.25) is 4.90 Å². The van der Waals surface area contributed by atoms with Crippen LogP contribution in [-0.4, -0.2) is 24.5 Å². The first kappa shape index (κ1) is 12.1. The van der Waals surface area contributed by atoms with E-state index in [4.69, 9.17) is 5.73 Å². The number of benzene rings is 1. The lowest BCUT2D eigenvalue weighted by Gasteiger charge is -2.28. The third-order valence-electron chi connectivity index (χ3n) is 2.71. The molecule has 15 heavy (non-hydrogen) atoms. The summed E-state index contributed by atoms with van der Waals surface area (Å²) in [5, 5.41) is 0. The van der Waals surface area contributed by atoms with Crippen molar-refractivity contribution in [1.82, 2.24) is 4.90 Å². The van der Waals surface area contributed by atoms with E-state index in [9.17, 15) is 4.39 Å². The molecular weight excluding hydrogens is 191 g/mol. The third kappa shape index (κ3) is 3.01. The van der Waals surface area contributed by atoms with Gasteiger partial charge in [0.2, 0.25) is 0 Å². The molecule has 0 bridgehead atoms. The van der Waals surface area contributed by atoms with Crippen LogP contribution in [0, 0.1) is 5.82 Å². The lowest BCUT2D eigenvalue weighted by atomic mass is 10.1. The highest BCUT2D eigenvalue weighted by atomic mass is 19.1. The summed E-state index contributed by atoms with van der Waals surface area (Å²) in [5.41, 5.74) is 6.70. The summed E-state index contributed by atoms with van der Waals surface area (Å²) < 4.78 is 13.1. The molecule has 0 unspecified atom stereocenters. The molecule has 0 aliphatic carbocycles. The van der Waals surface area contributed by atoms with Crippen LogP contribution in [0.4, 0.5) is 4.39 Å². The molecule has 0 aliphatic heterocycles. The summed E-state index contributed by atoms with van der Waals surface area (Å²) in [6.45, 7) is 6.55. The molecule has 1 atom stereocenters. The van der Waals surface area contributed by atoms with E-state index in [0.717, 1.165) is 18.7 Å². The van der Waals surface area contributed by atoms with Gasteiger partial charge in [0.15, 0.2) is 0 Å². The Balaban J connectivity index is 2.90. The lowest BCUT2D eigenvalue weighted by Crippen LogP contribution is -2.33. The maximum atomic E-state index is 13.1. The van der Waals surface area contributed by atoms with E-state index < -0.39 is 0 Å². The van der Waals surface area contributed by atoms with E-state index in [1.807, 2.05) is 6.07 Å². The molecule has 0 spiro atoms. The first-order valence-corrected chi connectivity index (χ1v) is 5.42. The standard InChI is InChI=1S/C12H19FN2/c1-3-15(4-2)12(9-14)10-6-5-7-11(13)8-10/h5-8,12H,3-4,9,14H2,1-2H3/t12-/m1/s1. The number of hydrogen-bond acceptors (Lipinski definition) is 2. The molecule has 0 fully saturated rings. The Morgan fingerprint density at radius 2 is 2.00 bits per heavy atom. The van der Waals surface area contributed by atoms with Crippen LogP contribution in [0.2, 0.25) is 0 Å². The number of hydrogen-bond donors (Lipinski definition) is 1. The highest BCUT2D eigenvalue weighted by molar-refractivity contribution is 5.20. The Labute approximate surface area is 90.9 Å². The van der Waals surface area contributed by atoms with Crippen LogP contribution < -0.4 is 5.73 Å². The molecule has 0 aromatic heterocycles. The zero-order valence-electron chi connectivity index (χ0n) is 9.41. The zero-order valence-corrected chi connectivity index (χ0v) is 9.41. The second-order valence-corrected chi connectivity index (χ2v) is 3.53. The van der Waals surface area contributed by atoms with Gasteiger partial charge in [-0.2, -0.15) is 0 Å². The topological polar surface area (TPSA) is 29.3 Å². The monoisotopic (exact) mass is 210 g/mol. The van der Waals surface area contributed by atoms with Crippen molar-refractivity contribution >= 4 is 0 Å². The number of halogens is 1. The maximum absolute atomic E-state index is 13.1. The fourth-order valence-electron chi connectivity index (χ4n) is 1.87. The molecule has 1 aromatic carbocycles. The van der Waals surface area contributed by atoms with Gasteiger partial charge in [-0.1, -0.05) is 26.0 Å². The van der Waals surface area contributed by atoms with Crippen LogP contribution in [0.5, 0.6) is 0 Å². The van der Waals surface area contributed by atoms with Crippen LogP contribution in [0.1, 0.15) is 25.5 Å². The van der Waals surface area contributed by atoms with Crippen molar-refractivity contribution in [3.05, 3.63) is 35.6 Å². The minimum Gasteiger partial charge on any atom is -0.329 e. The van der Waals surface area contributed by atoms with Gasteiger partial charge in [-0.15, -0.1) is 0 Å². The summed E-state index contributed by atoms with van der Waals surface area (Å²) in [4.78, 5) is 2.23. The van der Waals surface area contributed by atoms with E-state index in [-0.39, 0.29) is 11.9 Å². The van der Waals surface area contributed by atoms with E-state index >= 15 is 0 Å². The zero-order chi connectivity index (χ0) is 11.3. The Hall–Kier alpha value is -0.930. The summed E-state index contributed by atoms with van der Waals surface area (Å²) in [6, 6.07) is 6.81. The van der Waals surface area contributed by atoms with Crippen molar-refractivity contribution in [2.24, 2.45) is 5.73 Å². The molecule has 3 heteroatoms. The Morgan fingerprint density at radius 1 is 1.33 bits per heavy atom. The first-order valence-electron chi connectivity index (χ1n) is 5.42. The van der Waals surface area contributed by atoms with Gasteiger partial charge in [-0.05, 0) is 30.8 Å². The predicted octanol–water partition coefficient (Wildman–Crippen LogP) is 2.17. The van der Waals surface area contributed by atoms with Gasteiger partial charge in [0.25, 0.3) is 0 Å². The number of likely N-dealkylation sites (N-methyl/N-ethyl adjacent to an activating group) is 1. The quantitative estimate of drug-likeness (QED) is 0.807. The molecule has 0 saturated heterocycles. The Kier molecular flexibility index (Phi) is 4.72. The summed E-state index contributed by atoms with van der Waals surface area (Å²) in [5.74, 6) is -0.196. The van der Waals surface area contributed by atoms with Gasteiger partial charge in [0, 0.05) is 12.6 Å². The highest BCUT2D eigenvalue weighted by Crippen LogP contribution is 2.19. The Morgan fingerprint density at radius 3 is 2.47 bits per heavy atom. The maximum Gasteiger partial charge on any atom is 0.123 e. The summed E-state index contributed by atoms with van der Waals surface area (Å²) >= 11 is 0. The normalized spacial score (nSPS) is 13.1. The predicted molar refractivity (Wildman–Crippen MR) is 61.1 cm³/mol. The van der Waals surface area contributed by atoms with Gasteiger partial charge in [0.1, 0.15) is 5.82 Å². The SMILES string of the molecule is CCN(CC)[C@H](CN)c1cccc(F)c1.